The number of imidazole rings is 1. The summed E-state index contributed by atoms with van der Waals surface area (Å²) >= 11 is 0. The number of rotatable bonds is 5. The largest absolute Gasteiger partial charge is 0.434 e. The molecule has 0 saturated carbocycles. The van der Waals surface area contributed by atoms with Gasteiger partial charge in [0.25, 0.3) is 0 Å². The molecular formula is C22H20F3N9. The number of aromatic nitrogens is 7. The van der Waals surface area contributed by atoms with Gasteiger partial charge in [0.1, 0.15) is 23.6 Å². The van der Waals surface area contributed by atoms with Gasteiger partial charge in [0, 0.05) is 36.4 Å². The number of halogens is 3. The monoisotopic (exact) mass is 467 g/mol. The van der Waals surface area contributed by atoms with Crippen LogP contribution >= 0.6 is 0 Å². The molecule has 5 aromatic heterocycles. The van der Waals surface area contributed by atoms with E-state index < -0.39 is 11.9 Å². The van der Waals surface area contributed by atoms with Gasteiger partial charge in [-0.2, -0.15) is 18.3 Å². The van der Waals surface area contributed by atoms with Gasteiger partial charge in [0.05, 0.1) is 11.9 Å². The van der Waals surface area contributed by atoms with Gasteiger partial charge in [-0.3, -0.25) is 4.68 Å². The smallest absolute Gasteiger partial charge is 0.384 e. The Morgan fingerprint density at radius 2 is 1.94 bits per heavy atom. The van der Waals surface area contributed by atoms with Crippen molar-refractivity contribution >= 4 is 28.3 Å². The molecule has 0 aliphatic rings. The van der Waals surface area contributed by atoms with E-state index in [4.69, 9.17) is 5.73 Å². The number of anilines is 2. The van der Waals surface area contributed by atoms with Crippen molar-refractivity contribution in [3.05, 3.63) is 71.2 Å². The van der Waals surface area contributed by atoms with Gasteiger partial charge in [-0.25, -0.2) is 19.9 Å². The third-order valence-electron chi connectivity index (χ3n) is 5.56. The van der Waals surface area contributed by atoms with E-state index in [1.165, 1.54) is 16.9 Å². The molecule has 0 aliphatic carbocycles. The minimum atomic E-state index is -4.52. The van der Waals surface area contributed by atoms with E-state index in [0.29, 0.717) is 34.8 Å². The van der Waals surface area contributed by atoms with Crippen LogP contribution in [0.5, 0.6) is 0 Å². The van der Waals surface area contributed by atoms with Gasteiger partial charge in [-0.1, -0.05) is 6.07 Å². The summed E-state index contributed by atoms with van der Waals surface area (Å²) < 4.78 is 42.3. The molecule has 0 atom stereocenters. The molecule has 34 heavy (non-hydrogen) atoms. The lowest BCUT2D eigenvalue weighted by atomic mass is 10.1. The number of nitrogens with zero attached hydrogens (tertiary/aromatic N) is 7. The summed E-state index contributed by atoms with van der Waals surface area (Å²) in [6.07, 6.45) is 1.16. The van der Waals surface area contributed by atoms with Crippen LogP contribution in [0.4, 0.5) is 24.8 Å². The molecule has 0 saturated heterocycles. The first-order valence-corrected chi connectivity index (χ1v) is 10.4. The molecular weight excluding hydrogens is 447 g/mol. The summed E-state index contributed by atoms with van der Waals surface area (Å²) in [5.41, 5.74) is 9.01. The maximum Gasteiger partial charge on any atom is 0.434 e. The van der Waals surface area contributed by atoms with E-state index in [1.54, 1.807) is 23.0 Å². The van der Waals surface area contributed by atoms with Crippen LogP contribution in [0.15, 0.2) is 43.1 Å². The number of alkyl halides is 3. The Balaban J connectivity index is 1.44. The van der Waals surface area contributed by atoms with Crippen LogP contribution < -0.4 is 11.1 Å². The number of nitrogen functional groups attached to an aromatic ring is 1. The fourth-order valence-corrected chi connectivity index (χ4v) is 3.94. The Hall–Kier alpha value is -4.22. The van der Waals surface area contributed by atoms with Crippen LogP contribution in [0, 0.1) is 13.8 Å². The third kappa shape index (κ3) is 3.98. The second kappa shape index (κ2) is 7.97. The summed E-state index contributed by atoms with van der Waals surface area (Å²) in [7, 11) is 0. The van der Waals surface area contributed by atoms with Gasteiger partial charge in [-0.15, -0.1) is 0 Å². The molecule has 3 N–H and O–H groups in total. The van der Waals surface area contributed by atoms with Gasteiger partial charge >= 0.3 is 6.18 Å². The predicted molar refractivity (Wildman–Crippen MR) is 120 cm³/mol. The van der Waals surface area contributed by atoms with Gasteiger partial charge in [0.15, 0.2) is 11.3 Å². The standard InChI is InChI=1S/C22H20F3N9/c1-12-6-18(26)30-13(2)15(12)7-27-19-16-9-34(32-20(16)29-11-28-19)8-14-4-3-5-33-10-17(22(23,24)25)31-21(14)33/h3-6,9-11H,7-8H2,1-2H3,(H2,26,30)(H,27,28,29,32). The minimum absolute atomic E-state index is 0.217. The van der Waals surface area contributed by atoms with Crippen LogP contribution in [-0.2, 0) is 19.3 Å². The number of pyridine rings is 2. The number of nitrogens with two attached hydrogens (primary N) is 1. The van der Waals surface area contributed by atoms with Gasteiger partial charge in [0.2, 0.25) is 0 Å². The number of hydrogen-bond donors (Lipinski definition) is 2. The highest BCUT2D eigenvalue weighted by molar-refractivity contribution is 5.85. The van der Waals surface area contributed by atoms with Crippen LogP contribution in [-0.4, -0.2) is 34.1 Å². The van der Waals surface area contributed by atoms with Crippen molar-refractivity contribution in [3.63, 3.8) is 0 Å². The summed E-state index contributed by atoms with van der Waals surface area (Å²) in [6, 6.07) is 5.21. The normalized spacial score (nSPS) is 12.0. The highest BCUT2D eigenvalue weighted by Gasteiger charge is 2.34. The van der Waals surface area contributed by atoms with Crippen molar-refractivity contribution in [1.82, 2.24) is 34.1 Å². The first-order valence-electron chi connectivity index (χ1n) is 10.4. The summed E-state index contributed by atoms with van der Waals surface area (Å²) in [6.45, 7) is 4.56. The first kappa shape index (κ1) is 21.6. The molecule has 0 aromatic carbocycles. The van der Waals surface area contributed by atoms with E-state index in [-0.39, 0.29) is 12.2 Å². The van der Waals surface area contributed by atoms with Crippen LogP contribution in [0.25, 0.3) is 16.7 Å². The Kier molecular flexibility index (Phi) is 5.07. The highest BCUT2D eigenvalue weighted by Crippen LogP contribution is 2.29. The molecule has 0 fully saturated rings. The maximum atomic E-state index is 13.1. The van der Waals surface area contributed by atoms with Crippen molar-refractivity contribution in [1.29, 1.82) is 0 Å². The van der Waals surface area contributed by atoms with Gasteiger partial charge < -0.3 is 15.5 Å². The number of hydrogen-bond acceptors (Lipinski definition) is 7. The topological polar surface area (TPSA) is 112 Å². The first-order chi connectivity index (χ1) is 16.2. The van der Waals surface area contributed by atoms with Crippen molar-refractivity contribution in [3.8, 4) is 0 Å². The molecule has 174 valence electrons. The molecule has 12 heteroatoms. The third-order valence-corrected chi connectivity index (χ3v) is 5.56. The number of aryl methyl sites for hydroxylation is 2. The van der Waals surface area contributed by atoms with E-state index >= 15 is 0 Å². The lowest BCUT2D eigenvalue weighted by molar-refractivity contribution is -0.140. The molecule has 0 bridgehead atoms. The van der Waals surface area contributed by atoms with Gasteiger partial charge in [-0.05, 0) is 37.1 Å². The van der Waals surface area contributed by atoms with Crippen LogP contribution in [0.2, 0.25) is 0 Å². The van der Waals surface area contributed by atoms with Crippen molar-refractivity contribution in [2.75, 3.05) is 11.1 Å². The molecule has 0 radical (unpaired) electrons. The van der Waals surface area contributed by atoms with E-state index in [1.807, 2.05) is 19.9 Å². The molecule has 0 aliphatic heterocycles. The zero-order valence-corrected chi connectivity index (χ0v) is 18.3. The summed E-state index contributed by atoms with van der Waals surface area (Å²) in [5, 5.41) is 8.46. The van der Waals surface area contributed by atoms with E-state index in [9.17, 15) is 13.2 Å². The lowest BCUT2D eigenvalue weighted by Gasteiger charge is -2.12. The Bertz CT molecular complexity index is 1490. The fraction of sp³-hybridized carbons (Fsp3) is 0.227. The Labute approximate surface area is 191 Å². The second-order valence-electron chi connectivity index (χ2n) is 7.96. The average molecular weight is 467 g/mol. The molecule has 5 rings (SSSR count). The number of nitrogens with one attached hydrogen (secondary N) is 1. The summed E-state index contributed by atoms with van der Waals surface area (Å²) in [5.74, 6) is 1.06. The zero-order valence-electron chi connectivity index (χ0n) is 18.3. The Morgan fingerprint density at radius 3 is 2.71 bits per heavy atom. The van der Waals surface area contributed by atoms with E-state index in [2.05, 4.69) is 30.4 Å². The Morgan fingerprint density at radius 1 is 1.12 bits per heavy atom. The SMILES string of the molecule is Cc1cc(N)nc(C)c1CNc1ncnc2nn(Cc3cccn4cc(C(F)(F)F)nc34)cc12. The quantitative estimate of drug-likeness (QED) is 0.405. The van der Waals surface area contributed by atoms with Crippen molar-refractivity contribution in [2.24, 2.45) is 0 Å². The zero-order chi connectivity index (χ0) is 24.0. The van der Waals surface area contributed by atoms with Crippen LogP contribution in [0.1, 0.15) is 28.1 Å². The molecule has 5 aromatic rings. The molecule has 5 heterocycles. The molecule has 0 unspecified atom stereocenters. The average Bonchev–Trinajstić information content (AvgIpc) is 3.37. The maximum absolute atomic E-state index is 13.1. The van der Waals surface area contributed by atoms with Crippen LogP contribution in [0.3, 0.4) is 0 Å². The fourth-order valence-electron chi connectivity index (χ4n) is 3.94. The minimum Gasteiger partial charge on any atom is -0.384 e. The lowest BCUT2D eigenvalue weighted by Crippen LogP contribution is -2.08. The highest BCUT2D eigenvalue weighted by atomic mass is 19.4. The molecule has 0 amide bonds. The van der Waals surface area contributed by atoms with E-state index in [0.717, 1.165) is 23.0 Å². The predicted octanol–water partition coefficient (Wildman–Crippen LogP) is 3.75. The second-order valence-corrected chi connectivity index (χ2v) is 7.96. The molecule has 0 spiro atoms. The van der Waals surface area contributed by atoms with Crippen molar-refractivity contribution in [2.45, 2.75) is 33.1 Å². The molecule has 9 nitrogen and oxygen atoms in total. The number of fused-ring (bicyclic) bond motifs is 2. The van der Waals surface area contributed by atoms with Crippen molar-refractivity contribution < 1.29 is 13.2 Å². The summed E-state index contributed by atoms with van der Waals surface area (Å²) in [4.78, 5) is 16.7.